The van der Waals surface area contributed by atoms with Crippen molar-refractivity contribution in [2.24, 2.45) is 0 Å². The number of rotatable bonds is 8. The molecule has 0 aliphatic carbocycles. The van der Waals surface area contributed by atoms with Gasteiger partial charge in [-0.3, -0.25) is 9.59 Å². The number of hydrogen-bond donors (Lipinski definition) is 4. The third-order valence-electron chi connectivity index (χ3n) is 9.10. The average molecular weight is 635 g/mol. The number of aromatic amines is 2. The number of carbonyl (C=O) groups is 2. The highest BCUT2D eigenvalue weighted by Crippen LogP contribution is 2.45. The molecule has 8 nitrogen and oxygen atoms in total. The molecule has 0 atom stereocenters. The van der Waals surface area contributed by atoms with E-state index >= 15 is 13.2 Å². The molecular weight excluding hydrogens is 597 g/mol. The van der Waals surface area contributed by atoms with Gasteiger partial charge in [0.15, 0.2) is 0 Å². The fourth-order valence-electron chi connectivity index (χ4n) is 6.60. The first-order valence-electron chi connectivity index (χ1n) is 15.3. The molecule has 5 rings (SSSR count). The van der Waals surface area contributed by atoms with Gasteiger partial charge in [-0.25, -0.2) is 9.97 Å². The summed E-state index contributed by atoms with van der Waals surface area (Å²) in [4.78, 5) is 39.1. The van der Waals surface area contributed by atoms with E-state index in [1.807, 2.05) is 26.8 Å². The van der Waals surface area contributed by atoms with E-state index in [4.69, 9.17) is 0 Å². The Hall–Kier alpha value is -4.67. The highest BCUT2D eigenvalue weighted by molar-refractivity contribution is 5.97. The first kappa shape index (κ1) is 32.7. The molecule has 5 heterocycles. The van der Waals surface area contributed by atoms with Crippen molar-refractivity contribution in [1.82, 2.24) is 19.9 Å². The van der Waals surface area contributed by atoms with Gasteiger partial charge in [0.05, 0.1) is 22.8 Å². The molecule has 0 saturated heterocycles. The van der Waals surface area contributed by atoms with Crippen LogP contribution in [-0.4, -0.2) is 42.1 Å². The van der Waals surface area contributed by atoms with Crippen LogP contribution in [0.3, 0.4) is 0 Å². The molecule has 242 valence electrons. The van der Waals surface area contributed by atoms with Crippen LogP contribution in [0, 0.1) is 13.8 Å². The molecule has 4 N–H and O–H groups in total. The van der Waals surface area contributed by atoms with Crippen molar-refractivity contribution in [3.63, 3.8) is 0 Å². The molecule has 0 saturated carbocycles. The van der Waals surface area contributed by atoms with Crippen LogP contribution >= 0.6 is 0 Å². The Bertz CT molecular complexity index is 2010. The third kappa shape index (κ3) is 5.86. The highest BCUT2D eigenvalue weighted by atomic mass is 19.4. The number of carboxylic acid groups (broad SMARTS) is 2. The molecule has 0 fully saturated rings. The molecule has 3 aromatic heterocycles. The van der Waals surface area contributed by atoms with E-state index in [-0.39, 0.29) is 48.3 Å². The van der Waals surface area contributed by atoms with Gasteiger partial charge >= 0.3 is 18.1 Å². The van der Waals surface area contributed by atoms with Crippen molar-refractivity contribution in [3.8, 4) is 0 Å². The molecule has 0 unspecified atom stereocenters. The summed E-state index contributed by atoms with van der Waals surface area (Å²) < 4.78 is 45.5. The normalized spacial score (nSPS) is 13.6. The summed E-state index contributed by atoms with van der Waals surface area (Å²) >= 11 is 0. The van der Waals surface area contributed by atoms with Crippen molar-refractivity contribution in [1.29, 1.82) is 0 Å². The Balaban J connectivity index is 2.04. The second kappa shape index (κ2) is 12.3. The zero-order chi connectivity index (χ0) is 33.7. The predicted octanol–water partition coefficient (Wildman–Crippen LogP) is 8.67. The SMILES string of the molecule is CCC1=C(C)c2cc3[nH]c(cc4[nH]c(cc5nc(c(C(F)(F)F)c1n2)C(C)=C5CCC(=O)O)c(CCC(=O)O)c4C)c(C)c3CC. The summed E-state index contributed by atoms with van der Waals surface area (Å²) in [7, 11) is 0. The first-order chi connectivity index (χ1) is 21.7. The van der Waals surface area contributed by atoms with Gasteiger partial charge in [0.2, 0.25) is 0 Å². The molecule has 46 heavy (non-hydrogen) atoms. The third-order valence-corrected chi connectivity index (χ3v) is 9.10. The second-order valence-corrected chi connectivity index (χ2v) is 11.8. The minimum absolute atomic E-state index is 0.0364. The molecule has 0 spiro atoms. The Morgan fingerprint density at radius 2 is 1.24 bits per heavy atom. The Morgan fingerprint density at radius 1 is 0.696 bits per heavy atom. The summed E-state index contributed by atoms with van der Waals surface area (Å²) in [6, 6.07) is 5.37. The molecule has 0 aromatic carbocycles. The fourth-order valence-corrected chi connectivity index (χ4v) is 6.60. The summed E-state index contributed by atoms with van der Waals surface area (Å²) in [6.07, 6.45) is -4.14. The summed E-state index contributed by atoms with van der Waals surface area (Å²) in [5.41, 5.74) is 7.22. The van der Waals surface area contributed by atoms with E-state index in [2.05, 4.69) is 19.9 Å². The molecule has 0 radical (unpaired) electrons. The molecule has 3 aromatic rings. The lowest BCUT2D eigenvalue weighted by Gasteiger charge is -2.13. The monoisotopic (exact) mass is 634 g/mol. The van der Waals surface area contributed by atoms with Crippen LogP contribution in [0.25, 0.3) is 44.4 Å². The van der Waals surface area contributed by atoms with Gasteiger partial charge in [-0.2, -0.15) is 13.2 Å². The van der Waals surface area contributed by atoms with E-state index < -0.39 is 23.7 Å². The van der Waals surface area contributed by atoms with Crippen LogP contribution in [0.5, 0.6) is 0 Å². The first-order valence-corrected chi connectivity index (χ1v) is 15.3. The predicted molar refractivity (Wildman–Crippen MR) is 173 cm³/mol. The van der Waals surface area contributed by atoms with E-state index in [9.17, 15) is 19.8 Å². The van der Waals surface area contributed by atoms with E-state index in [0.29, 0.717) is 51.9 Å². The maximum absolute atomic E-state index is 15.2. The van der Waals surface area contributed by atoms with E-state index in [1.165, 1.54) is 6.92 Å². The minimum atomic E-state index is -4.82. The zero-order valence-corrected chi connectivity index (χ0v) is 26.7. The number of aryl methyl sites for hydroxylation is 4. The molecule has 2 aliphatic heterocycles. The molecule has 2 aliphatic rings. The standard InChI is InChI=1S/C35H37F3N4O4/c1-7-20-16(3)24-13-25-18(5)22(9-11-30(43)44)28(40-25)15-29-23(10-12-31(45)46)19(6)33(42-29)32(35(36,37)38)34-21(8-2)17(4)26(41-34)14-27(20)39-24/h13-15,39-40H,7-12H2,1-6H3,(H,43,44)(H,45,46). The summed E-state index contributed by atoms with van der Waals surface area (Å²) in [5, 5.41) is 18.9. The van der Waals surface area contributed by atoms with Gasteiger partial charge < -0.3 is 20.2 Å². The van der Waals surface area contributed by atoms with Crippen LogP contribution in [0.4, 0.5) is 13.2 Å². The number of fused-ring (bicyclic) bond motifs is 8. The number of aromatic nitrogens is 4. The smallest absolute Gasteiger partial charge is 0.420 e. The quantitative estimate of drug-likeness (QED) is 0.196. The number of nitrogens with zero attached hydrogens (tertiary/aromatic N) is 2. The summed E-state index contributed by atoms with van der Waals surface area (Å²) in [6.45, 7) is 11.0. The van der Waals surface area contributed by atoms with Crippen molar-refractivity contribution in [2.45, 2.75) is 86.2 Å². The lowest BCUT2D eigenvalue weighted by molar-refractivity contribution is -0.138. The largest absolute Gasteiger partial charge is 0.481 e. The zero-order valence-electron chi connectivity index (χ0n) is 26.7. The van der Waals surface area contributed by atoms with Gasteiger partial charge in [-0.05, 0) is 116 Å². The minimum Gasteiger partial charge on any atom is -0.481 e. The molecular formula is C35H37F3N4O4. The molecule has 11 heteroatoms. The second-order valence-electron chi connectivity index (χ2n) is 11.8. The van der Waals surface area contributed by atoms with E-state index in [1.54, 1.807) is 26.0 Å². The van der Waals surface area contributed by atoms with Crippen LogP contribution in [0.1, 0.15) is 104 Å². The molecule has 8 bridgehead atoms. The number of aliphatic carboxylic acids is 2. The van der Waals surface area contributed by atoms with Gasteiger partial charge in [0.1, 0.15) is 5.56 Å². The Kier molecular flexibility index (Phi) is 8.72. The topological polar surface area (TPSA) is 132 Å². The number of H-pyrrole nitrogens is 2. The van der Waals surface area contributed by atoms with Gasteiger partial charge in [-0.1, -0.05) is 13.8 Å². The van der Waals surface area contributed by atoms with Crippen LogP contribution in [0.15, 0.2) is 18.2 Å². The van der Waals surface area contributed by atoms with Gasteiger partial charge in [0, 0.05) is 34.9 Å². The average Bonchev–Trinajstić information content (AvgIpc) is 3.63. The van der Waals surface area contributed by atoms with Crippen molar-refractivity contribution >= 4 is 56.3 Å². The Morgan fingerprint density at radius 3 is 1.80 bits per heavy atom. The number of allylic oxidation sites excluding steroid dienone is 4. The van der Waals surface area contributed by atoms with Gasteiger partial charge in [0.25, 0.3) is 0 Å². The number of nitrogens with one attached hydrogen (secondary N) is 2. The fraction of sp³-hybridized carbons (Fsp3) is 0.371. The van der Waals surface area contributed by atoms with Crippen molar-refractivity contribution < 1.29 is 33.0 Å². The van der Waals surface area contributed by atoms with Crippen LogP contribution in [0.2, 0.25) is 0 Å². The lowest BCUT2D eigenvalue weighted by Crippen LogP contribution is -2.12. The maximum Gasteiger partial charge on any atom is 0.420 e. The number of hydrogen-bond acceptors (Lipinski definition) is 4. The lowest BCUT2D eigenvalue weighted by atomic mass is 9.95. The van der Waals surface area contributed by atoms with Crippen LogP contribution in [-0.2, 0) is 28.6 Å². The number of halogens is 3. The maximum atomic E-state index is 15.2. The van der Waals surface area contributed by atoms with Crippen molar-refractivity contribution in [3.05, 3.63) is 68.8 Å². The Labute approximate surface area is 264 Å². The number of alkyl halides is 3. The van der Waals surface area contributed by atoms with Gasteiger partial charge in [-0.15, -0.1) is 0 Å². The molecule has 0 amide bonds. The summed E-state index contributed by atoms with van der Waals surface area (Å²) in [5.74, 6) is -2.07. The highest BCUT2D eigenvalue weighted by Gasteiger charge is 2.41. The van der Waals surface area contributed by atoms with Crippen LogP contribution < -0.4 is 0 Å². The number of carboxylic acids is 2. The van der Waals surface area contributed by atoms with Crippen molar-refractivity contribution in [2.75, 3.05) is 0 Å². The van der Waals surface area contributed by atoms with E-state index in [0.717, 1.165) is 27.7 Å².